The van der Waals surface area contributed by atoms with Gasteiger partial charge >= 0.3 is 18.5 Å². The first-order valence-electron chi connectivity index (χ1n) is 8.46. The zero-order valence-corrected chi connectivity index (χ0v) is 15.5. The molecule has 0 aromatic heterocycles. The minimum absolute atomic E-state index is 0.234. The summed E-state index contributed by atoms with van der Waals surface area (Å²) >= 11 is 0. The number of benzene rings is 2. The number of nitrogens with zero attached hydrogens (tertiary/aromatic N) is 1. The Bertz CT molecular complexity index is 1060. The van der Waals surface area contributed by atoms with E-state index in [9.17, 15) is 44.3 Å². The largest absolute Gasteiger partial charge is 0.417 e. The van der Waals surface area contributed by atoms with Crippen molar-refractivity contribution >= 4 is 12.0 Å². The van der Waals surface area contributed by atoms with E-state index in [-0.39, 0.29) is 11.6 Å². The highest BCUT2D eigenvalue weighted by Crippen LogP contribution is 2.36. The van der Waals surface area contributed by atoms with E-state index in [4.69, 9.17) is 5.26 Å². The van der Waals surface area contributed by atoms with Crippen LogP contribution in [0.2, 0.25) is 0 Å². The second-order valence-electron chi connectivity index (χ2n) is 6.35. The lowest BCUT2D eigenvalue weighted by atomic mass is 10.0. The van der Waals surface area contributed by atoms with Crippen LogP contribution < -0.4 is 5.32 Å². The number of amides is 1. The van der Waals surface area contributed by atoms with E-state index in [0.717, 1.165) is 30.3 Å². The van der Waals surface area contributed by atoms with Crippen LogP contribution in [0, 0.1) is 11.3 Å². The van der Waals surface area contributed by atoms with Gasteiger partial charge in [0.25, 0.3) is 0 Å². The van der Waals surface area contributed by atoms with Crippen LogP contribution in [0.15, 0.2) is 48.5 Å². The van der Waals surface area contributed by atoms with Crippen molar-refractivity contribution in [2.24, 2.45) is 0 Å². The maximum atomic E-state index is 13.3. The molecule has 1 amide bonds. The molecule has 32 heavy (non-hydrogen) atoms. The minimum atomic E-state index is -5.16. The van der Waals surface area contributed by atoms with E-state index in [1.54, 1.807) is 0 Å². The lowest BCUT2D eigenvalue weighted by Gasteiger charge is -2.22. The average molecular weight is 466 g/mol. The van der Waals surface area contributed by atoms with Crippen LogP contribution in [0.3, 0.4) is 0 Å². The van der Waals surface area contributed by atoms with E-state index < -0.39 is 52.7 Å². The quantitative estimate of drug-likeness (QED) is 0.442. The molecule has 0 spiro atoms. The molecule has 1 N–H and O–H groups in total. The normalized spacial score (nSPS) is 13.6. The second kappa shape index (κ2) is 8.94. The van der Waals surface area contributed by atoms with Crippen LogP contribution >= 0.6 is 0 Å². The Morgan fingerprint density at radius 3 is 2.12 bits per heavy atom. The Morgan fingerprint density at radius 1 is 0.938 bits per heavy atom. The topological polar surface area (TPSA) is 52.9 Å². The summed E-state index contributed by atoms with van der Waals surface area (Å²) in [4.78, 5) is 11.9. The van der Waals surface area contributed by atoms with Crippen LogP contribution in [0.25, 0.3) is 6.08 Å². The van der Waals surface area contributed by atoms with Crippen molar-refractivity contribution in [2.45, 2.75) is 24.6 Å². The maximum absolute atomic E-state index is 13.3. The second-order valence-corrected chi connectivity index (χ2v) is 6.35. The summed E-state index contributed by atoms with van der Waals surface area (Å²) in [6, 6.07) is 3.20. The number of nitrogens with one attached hydrogen (secondary N) is 1. The summed E-state index contributed by atoms with van der Waals surface area (Å²) in [5.41, 5.74) is -4.48. The summed E-state index contributed by atoms with van der Waals surface area (Å²) < 4.78 is 117. The molecule has 0 heterocycles. The molecule has 0 saturated carbocycles. The van der Waals surface area contributed by atoms with Gasteiger partial charge in [0.15, 0.2) is 6.04 Å². The predicted molar refractivity (Wildman–Crippen MR) is 93.6 cm³/mol. The molecule has 3 nitrogen and oxygen atoms in total. The van der Waals surface area contributed by atoms with Gasteiger partial charge in [-0.05, 0) is 41.5 Å². The molecule has 0 saturated heterocycles. The highest BCUT2D eigenvalue weighted by molar-refractivity contribution is 5.92. The number of rotatable bonds is 4. The van der Waals surface area contributed by atoms with Gasteiger partial charge in [-0.1, -0.05) is 18.2 Å². The van der Waals surface area contributed by atoms with Crippen LogP contribution in [0.1, 0.15) is 33.9 Å². The lowest BCUT2D eigenvalue weighted by Crippen LogP contribution is -2.37. The number of hydrogen-bond donors (Lipinski definition) is 1. The first-order chi connectivity index (χ1) is 14.6. The summed E-state index contributed by atoms with van der Waals surface area (Å²) in [6.07, 6.45) is -13.7. The first kappa shape index (κ1) is 24.8. The summed E-state index contributed by atoms with van der Waals surface area (Å²) in [7, 11) is 0. The van der Waals surface area contributed by atoms with Crippen LogP contribution in [0.5, 0.6) is 0 Å². The molecule has 2 rings (SSSR count). The molecule has 0 aliphatic carbocycles. The molecule has 0 fully saturated rings. The van der Waals surface area contributed by atoms with Gasteiger partial charge in [-0.25, -0.2) is 0 Å². The smallest absolute Gasteiger partial charge is 0.337 e. The number of hydrogen-bond acceptors (Lipinski definition) is 2. The van der Waals surface area contributed by atoms with E-state index in [1.807, 2.05) is 0 Å². The number of carbonyl (C=O) groups is 1. The third-order valence-electron chi connectivity index (χ3n) is 4.06. The van der Waals surface area contributed by atoms with Gasteiger partial charge in [-0.15, -0.1) is 0 Å². The molecule has 1 atom stereocenters. The first-order valence-corrected chi connectivity index (χ1v) is 8.46. The lowest BCUT2D eigenvalue weighted by molar-refractivity contribution is -0.162. The summed E-state index contributed by atoms with van der Waals surface area (Å²) in [5, 5.41) is 10.2. The monoisotopic (exact) mass is 466 g/mol. The van der Waals surface area contributed by atoms with E-state index in [1.165, 1.54) is 11.4 Å². The zero-order valence-electron chi connectivity index (χ0n) is 15.5. The van der Waals surface area contributed by atoms with Crippen molar-refractivity contribution in [2.75, 3.05) is 0 Å². The van der Waals surface area contributed by atoms with Crippen molar-refractivity contribution < 1.29 is 44.3 Å². The number of alkyl halides is 9. The molecule has 0 aliphatic heterocycles. The number of nitriles is 1. The van der Waals surface area contributed by atoms with Crippen LogP contribution in [-0.2, 0) is 17.1 Å². The fraction of sp³-hybridized carbons (Fsp3) is 0.200. The number of carbonyl (C=O) groups excluding carboxylic acids is 1. The fourth-order valence-corrected chi connectivity index (χ4v) is 2.61. The van der Waals surface area contributed by atoms with Crippen molar-refractivity contribution in [3.8, 4) is 6.07 Å². The molecule has 2 aromatic rings. The van der Waals surface area contributed by atoms with Gasteiger partial charge in [0.1, 0.15) is 0 Å². The molecule has 2 aromatic carbocycles. The van der Waals surface area contributed by atoms with Gasteiger partial charge in [-0.3, -0.25) is 4.79 Å². The Labute approximate surface area is 174 Å². The van der Waals surface area contributed by atoms with Crippen LogP contribution in [-0.4, -0.2) is 12.1 Å². The average Bonchev–Trinajstić information content (AvgIpc) is 2.68. The highest BCUT2D eigenvalue weighted by atomic mass is 19.4. The van der Waals surface area contributed by atoms with Gasteiger partial charge < -0.3 is 5.32 Å². The van der Waals surface area contributed by atoms with Crippen LogP contribution in [0.4, 0.5) is 39.5 Å². The van der Waals surface area contributed by atoms with Gasteiger partial charge in [0.2, 0.25) is 5.91 Å². The molecule has 12 heteroatoms. The molecule has 1 unspecified atom stereocenters. The molecule has 0 bridgehead atoms. The van der Waals surface area contributed by atoms with Crippen molar-refractivity contribution in [3.05, 3.63) is 76.4 Å². The standard InChI is InChI=1S/C20H11F9N2O/c21-18(22,23)14-3-1-2-12(9-14)17(20(27,28)29)31-16(32)7-5-11-4-6-13(10-30)15(8-11)19(24,25)26/h1-9,17H,(H,31,32)/b7-5+. The Morgan fingerprint density at radius 2 is 1.59 bits per heavy atom. The maximum Gasteiger partial charge on any atom is 0.417 e. The van der Waals surface area contributed by atoms with Crippen molar-refractivity contribution in [3.63, 3.8) is 0 Å². The van der Waals surface area contributed by atoms with Gasteiger partial charge in [0, 0.05) is 6.08 Å². The molecular formula is C20H11F9N2O. The van der Waals surface area contributed by atoms with Crippen molar-refractivity contribution in [1.82, 2.24) is 5.32 Å². The number of halogens is 9. The van der Waals surface area contributed by atoms with Gasteiger partial charge in [-0.2, -0.15) is 44.8 Å². The Balaban J connectivity index is 2.30. The summed E-state index contributed by atoms with van der Waals surface area (Å²) in [6.45, 7) is 0. The van der Waals surface area contributed by atoms with Crippen molar-refractivity contribution in [1.29, 1.82) is 5.26 Å². The fourth-order valence-electron chi connectivity index (χ4n) is 2.61. The molecule has 0 aliphatic rings. The zero-order chi connectivity index (χ0) is 24.3. The minimum Gasteiger partial charge on any atom is -0.337 e. The van der Waals surface area contributed by atoms with E-state index in [2.05, 4.69) is 0 Å². The van der Waals surface area contributed by atoms with Gasteiger partial charge in [0.05, 0.1) is 22.8 Å². The molecular weight excluding hydrogens is 455 g/mol. The summed E-state index contributed by atoms with van der Waals surface area (Å²) in [5.74, 6) is -1.41. The SMILES string of the molecule is N#Cc1ccc(/C=C/C(=O)NC(c2cccc(C(F)(F)F)c2)C(F)(F)F)cc1C(F)(F)F. The third kappa shape index (κ3) is 6.26. The van der Waals surface area contributed by atoms with E-state index >= 15 is 0 Å². The third-order valence-corrected chi connectivity index (χ3v) is 4.06. The van der Waals surface area contributed by atoms with E-state index in [0.29, 0.717) is 18.2 Å². The Hall–Kier alpha value is -3.49. The molecule has 0 radical (unpaired) electrons. The Kier molecular flexibility index (Phi) is 6.92. The molecule has 170 valence electrons. The highest BCUT2D eigenvalue weighted by Gasteiger charge is 2.42. The predicted octanol–water partition coefficient (Wildman–Crippen LogP) is 6.03.